The molecule has 1 aliphatic rings. The lowest BCUT2D eigenvalue weighted by atomic mass is 10.1. The number of benzene rings is 2. The lowest BCUT2D eigenvalue weighted by Crippen LogP contribution is -2.24. The first-order chi connectivity index (χ1) is 15.5. The molecule has 0 radical (unpaired) electrons. The van der Waals surface area contributed by atoms with Crippen LogP contribution >= 0.6 is 11.3 Å². The van der Waals surface area contributed by atoms with E-state index < -0.39 is 0 Å². The third-order valence-electron chi connectivity index (χ3n) is 5.17. The van der Waals surface area contributed by atoms with Gasteiger partial charge in [-0.3, -0.25) is 9.59 Å². The van der Waals surface area contributed by atoms with Gasteiger partial charge in [0, 0.05) is 35.8 Å². The first kappa shape index (κ1) is 21.8. The summed E-state index contributed by atoms with van der Waals surface area (Å²) in [6.07, 6.45) is 4.73. The van der Waals surface area contributed by atoms with Crippen molar-refractivity contribution in [3.63, 3.8) is 0 Å². The van der Waals surface area contributed by atoms with E-state index in [2.05, 4.69) is 10.3 Å². The van der Waals surface area contributed by atoms with Crippen LogP contribution < -0.4 is 15.0 Å². The van der Waals surface area contributed by atoms with Crippen molar-refractivity contribution >= 4 is 40.6 Å². The van der Waals surface area contributed by atoms with Crippen LogP contribution in [0.1, 0.15) is 34.7 Å². The van der Waals surface area contributed by atoms with E-state index in [4.69, 9.17) is 4.74 Å². The van der Waals surface area contributed by atoms with Crippen molar-refractivity contribution in [2.75, 3.05) is 16.8 Å². The topological polar surface area (TPSA) is 71.5 Å². The first-order valence-corrected chi connectivity index (χ1v) is 11.4. The molecule has 2 heterocycles. The molecule has 4 rings (SSSR count). The number of anilines is 2. The average Bonchev–Trinajstić information content (AvgIpc) is 3.39. The number of ether oxygens (including phenoxy) is 1. The Labute approximate surface area is 191 Å². The smallest absolute Gasteiger partial charge is 0.248 e. The van der Waals surface area contributed by atoms with Gasteiger partial charge in [-0.25, -0.2) is 4.98 Å². The molecular formula is C25H25N3O3S. The van der Waals surface area contributed by atoms with Crippen LogP contribution in [0.3, 0.4) is 0 Å². The number of rotatable bonds is 7. The van der Waals surface area contributed by atoms with Crippen molar-refractivity contribution < 1.29 is 14.3 Å². The molecule has 1 fully saturated rings. The molecule has 0 atom stereocenters. The van der Waals surface area contributed by atoms with Crippen molar-refractivity contribution in [2.45, 2.75) is 33.3 Å². The summed E-state index contributed by atoms with van der Waals surface area (Å²) in [4.78, 5) is 30.6. The molecule has 7 heteroatoms. The second-order valence-electron chi connectivity index (χ2n) is 7.69. The maximum atomic E-state index is 12.4. The molecule has 0 bridgehead atoms. The summed E-state index contributed by atoms with van der Waals surface area (Å²) in [5.41, 5.74) is 4.34. The molecule has 1 aromatic heterocycles. The van der Waals surface area contributed by atoms with Gasteiger partial charge >= 0.3 is 0 Å². The van der Waals surface area contributed by atoms with Crippen LogP contribution in [0.25, 0.3) is 6.08 Å². The fourth-order valence-corrected chi connectivity index (χ4v) is 4.23. The van der Waals surface area contributed by atoms with Crippen LogP contribution in [0.15, 0.2) is 53.9 Å². The SMILES string of the molecule is Cc1nc(COc2cccc(/C=C/C(=O)Nc3ccc(N4CCCC4=O)c(C)c3)c2)cs1. The van der Waals surface area contributed by atoms with E-state index in [1.54, 1.807) is 17.4 Å². The molecule has 2 amide bonds. The Hall–Kier alpha value is -3.45. The number of thiazole rings is 1. The predicted octanol–water partition coefficient (Wildman–Crippen LogP) is 5.12. The van der Waals surface area contributed by atoms with Gasteiger partial charge in [-0.05, 0) is 67.8 Å². The Morgan fingerprint density at radius 2 is 2.12 bits per heavy atom. The van der Waals surface area contributed by atoms with E-state index >= 15 is 0 Å². The minimum atomic E-state index is -0.223. The zero-order chi connectivity index (χ0) is 22.5. The third kappa shape index (κ3) is 5.42. The Morgan fingerprint density at radius 3 is 2.84 bits per heavy atom. The van der Waals surface area contributed by atoms with Crippen molar-refractivity contribution in [2.24, 2.45) is 0 Å². The van der Waals surface area contributed by atoms with Crippen molar-refractivity contribution in [1.82, 2.24) is 4.98 Å². The number of amides is 2. The van der Waals surface area contributed by atoms with Crippen LogP contribution in [0.4, 0.5) is 11.4 Å². The summed E-state index contributed by atoms with van der Waals surface area (Å²) in [5, 5.41) is 5.88. The van der Waals surface area contributed by atoms with Gasteiger partial charge in [0.05, 0.1) is 10.7 Å². The Balaban J connectivity index is 1.35. The maximum absolute atomic E-state index is 12.4. The van der Waals surface area contributed by atoms with Crippen molar-refractivity contribution in [3.05, 3.63) is 75.7 Å². The highest BCUT2D eigenvalue weighted by atomic mass is 32.1. The van der Waals surface area contributed by atoms with E-state index in [-0.39, 0.29) is 11.8 Å². The summed E-state index contributed by atoms with van der Waals surface area (Å²) >= 11 is 1.60. The van der Waals surface area contributed by atoms with Gasteiger partial charge in [-0.2, -0.15) is 0 Å². The molecule has 32 heavy (non-hydrogen) atoms. The van der Waals surface area contributed by atoms with Crippen molar-refractivity contribution in [3.8, 4) is 5.75 Å². The summed E-state index contributed by atoms with van der Waals surface area (Å²) in [7, 11) is 0. The van der Waals surface area contributed by atoms with Gasteiger partial charge in [0.25, 0.3) is 0 Å². The third-order valence-corrected chi connectivity index (χ3v) is 5.99. The van der Waals surface area contributed by atoms with Gasteiger partial charge in [0.1, 0.15) is 12.4 Å². The van der Waals surface area contributed by atoms with Crippen LogP contribution in [-0.2, 0) is 16.2 Å². The lowest BCUT2D eigenvalue weighted by molar-refractivity contribution is -0.117. The van der Waals surface area contributed by atoms with E-state index in [9.17, 15) is 9.59 Å². The number of carbonyl (C=O) groups is 2. The van der Waals surface area contributed by atoms with Crippen LogP contribution in [-0.4, -0.2) is 23.3 Å². The van der Waals surface area contributed by atoms with Crippen LogP contribution in [0, 0.1) is 13.8 Å². The monoisotopic (exact) mass is 447 g/mol. The van der Waals surface area contributed by atoms with E-state index in [1.807, 2.05) is 66.6 Å². The zero-order valence-corrected chi connectivity index (χ0v) is 18.9. The highest BCUT2D eigenvalue weighted by Gasteiger charge is 2.22. The van der Waals surface area contributed by atoms with Gasteiger partial charge in [0.2, 0.25) is 11.8 Å². The molecule has 3 aromatic rings. The summed E-state index contributed by atoms with van der Waals surface area (Å²) in [5.74, 6) is 0.653. The maximum Gasteiger partial charge on any atom is 0.248 e. The molecule has 2 aromatic carbocycles. The second-order valence-corrected chi connectivity index (χ2v) is 8.75. The van der Waals surface area contributed by atoms with Gasteiger partial charge < -0.3 is 15.0 Å². The number of carbonyl (C=O) groups excluding carboxylic acids is 2. The van der Waals surface area contributed by atoms with Gasteiger partial charge in [-0.1, -0.05) is 12.1 Å². The van der Waals surface area contributed by atoms with E-state index in [0.717, 1.165) is 46.2 Å². The summed E-state index contributed by atoms with van der Waals surface area (Å²) in [6.45, 7) is 5.08. The van der Waals surface area contributed by atoms with Gasteiger partial charge in [-0.15, -0.1) is 11.3 Å². The minimum absolute atomic E-state index is 0.153. The Bertz CT molecular complexity index is 1170. The number of nitrogens with one attached hydrogen (secondary N) is 1. The van der Waals surface area contributed by atoms with E-state index in [1.165, 1.54) is 6.08 Å². The molecule has 6 nitrogen and oxygen atoms in total. The molecular weight excluding hydrogens is 422 g/mol. The Morgan fingerprint density at radius 1 is 1.25 bits per heavy atom. The quantitative estimate of drug-likeness (QED) is 0.511. The number of aromatic nitrogens is 1. The molecule has 1 saturated heterocycles. The molecule has 1 N–H and O–H groups in total. The summed E-state index contributed by atoms with van der Waals surface area (Å²) in [6, 6.07) is 13.2. The highest BCUT2D eigenvalue weighted by molar-refractivity contribution is 7.09. The Kier molecular flexibility index (Phi) is 6.66. The number of nitrogens with zero attached hydrogens (tertiary/aromatic N) is 2. The lowest BCUT2D eigenvalue weighted by Gasteiger charge is -2.19. The largest absolute Gasteiger partial charge is 0.487 e. The molecule has 0 aliphatic carbocycles. The molecule has 0 saturated carbocycles. The predicted molar refractivity (Wildman–Crippen MR) is 128 cm³/mol. The molecule has 164 valence electrons. The molecule has 0 spiro atoms. The molecule has 0 unspecified atom stereocenters. The number of hydrogen-bond donors (Lipinski definition) is 1. The second kappa shape index (κ2) is 9.78. The fourth-order valence-electron chi connectivity index (χ4n) is 3.63. The average molecular weight is 448 g/mol. The number of hydrogen-bond acceptors (Lipinski definition) is 5. The zero-order valence-electron chi connectivity index (χ0n) is 18.1. The summed E-state index contributed by atoms with van der Waals surface area (Å²) < 4.78 is 5.80. The van der Waals surface area contributed by atoms with Gasteiger partial charge in [0.15, 0.2) is 0 Å². The standard InChI is InChI=1S/C25H25N3O3S/c1-17-13-20(9-10-23(17)28-12-4-7-25(28)30)27-24(29)11-8-19-5-3-6-22(14-19)31-15-21-16-32-18(2)26-21/h3,5-6,8-11,13-14,16H,4,7,12,15H2,1-2H3,(H,27,29)/b11-8+. The highest BCUT2D eigenvalue weighted by Crippen LogP contribution is 2.27. The van der Waals surface area contributed by atoms with E-state index in [0.29, 0.717) is 18.7 Å². The molecule has 1 aliphatic heterocycles. The van der Waals surface area contributed by atoms with Crippen LogP contribution in [0.5, 0.6) is 5.75 Å². The van der Waals surface area contributed by atoms with Crippen LogP contribution in [0.2, 0.25) is 0 Å². The number of aryl methyl sites for hydroxylation is 2. The van der Waals surface area contributed by atoms with Crippen molar-refractivity contribution in [1.29, 1.82) is 0 Å². The minimum Gasteiger partial charge on any atom is -0.487 e. The first-order valence-electron chi connectivity index (χ1n) is 10.5. The fraction of sp³-hybridized carbons (Fsp3) is 0.240. The normalized spacial score (nSPS) is 13.7.